The minimum Gasteiger partial charge on any atom is -0.468 e. The maximum atomic E-state index is 11.5. The number of methoxy groups -OCH3 is 1. The molecular weight excluding hydrogens is 198 g/mol. The van der Waals surface area contributed by atoms with Gasteiger partial charge in [0, 0.05) is 0 Å². The number of ether oxygens (including phenoxy) is 1. The zero-order valence-electron chi connectivity index (χ0n) is 8.91. The smallest absolute Gasteiger partial charge is 0.323 e. The summed E-state index contributed by atoms with van der Waals surface area (Å²) in [4.78, 5) is 11.5. The van der Waals surface area contributed by atoms with Gasteiger partial charge >= 0.3 is 5.97 Å². The van der Waals surface area contributed by atoms with Crippen molar-refractivity contribution in [3.8, 4) is 0 Å². The zero-order valence-corrected chi connectivity index (χ0v) is 9.73. The van der Waals surface area contributed by atoms with E-state index in [1.165, 1.54) is 12.9 Å². The van der Waals surface area contributed by atoms with Crippen molar-refractivity contribution in [1.29, 1.82) is 0 Å². The van der Waals surface area contributed by atoms with Gasteiger partial charge in [-0.15, -0.1) is 0 Å². The Morgan fingerprint density at radius 3 is 3.00 bits per heavy atom. The second-order valence-corrected chi connectivity index (χ2v) is 4.73. The molecular formula is C10H19NO2S. The van der Waals surface area contributed by atoms with Crippen molar-refractivity contribution in [1.82, 2.24) is 5.32 Å². The molecule has 1 heterocycles. The van der Waals surface area contributed by atoms with Gasteiger partial charge in [0.2, 0.25) is 0 Å². The third-order valence-corrected chi connectivity index (χ3v) is 3.69. The number of hydrogen-bond acceptors (Lipinski definition) is 4. The Bertz CT molecular complexity index is 181. The molecule has 0 amide bonds. The number of esters is 1. The Balaban J connectivity index is 2.46. The second-order valence-electron chi connectivity index (χ2n) is 3.58. The standard InChI is InChI=1S/C10H19NO2S/c1-3-5-11-9(10(12)13-2)8-4-6-14-7-8/h8-9,11H,3-7H2,1-2H3. The lowest BCUT2D eigenvalue weighted by Crippen LogP contribution is -2.44. The van der Waals surface area contributed by atoms with E-state index in [0.29, 0.717) is 5.92 Å². The Morgan fingerprint density at radius 1 is 1.71 bits per heavy atom. The highest BCUT2D eigenvalue weighted by Gasteiger charge is 2.30. The van der Waals surface area contributed by atoms with Crippen molar-refractivity contribution in [2.75, 3.05) is 25.2 Å². The summed E-state index contributed by atoms with van der Waals surface area (Å²) in [6.45, 7) is 2.99. The Morgan fingerprint density at radius 2 is 2.50 bits per heavy atom. The highest BCUT2D eigenvalue weighted by molar-refractivity contribution is 7.99. The molecule has 0 aromatic rings. The van der Waals surface area contributed by atoms with Gasteiger partial charge in [0.05, 0.1) is 7.11 Å². The third kappa shape index (κ3) is 3.17. The molecule has 0 bridgehead atoms. The predicted octanol–water partition coefficient (Wildman–Crippen LogP) is 1.28. The van der Waals surface area contributed by atoms with Crippen LogP contribution >= 0.6 is 11.8 Å². The highest BCUT2D eigenvalue weighted by Crippen LogP contribution is 2.26. The summed E-state index contributed by atoms with van der Waals surface area (Å²) in [6.07, 6.45) is 2.18. The van der Waals surface area contributed by atoms with Crippen LogP contribution in [0.2, 0.25) is 0 Å². The number of carbonyl (C=O) groups is 1. The Hall–Kier alpha value is -0.220. The molecule has 3 nitrogen and oxygen atoms in total. The van der Waals surface area contributed by atoms with E-state index in [1.54, 1.807) is 0 Å². The molecule has 1 aliphatic heterocycles. The van der Waals surface area contributed by atoms with Crippen LogP contribution in [-0.2, 0) is 9.53 Å². The second kappa shape index (κ2) is 6.30. The molecule has 14 heavy (non-hydrogen) atoms. The van der Waals surface area contributed by atoms with Gasteiger partial charge < -0.3 is 10.1 Å². The first-order chi connectivity index (χ1) is 6.79. The molecule has 2 atom stereocenters. The SMILES string of the molecule is CCCNC(C(=O)OC)C1CCSC1. The van der Waals surface area contributed by atoms with Gasteiger partial charge in [-0.3, -0.25) is 4.79 Å². The minimum absolute atomic E-state index is 0.0880. The number of rotatable bonds is 5. The monoisotopic (exact) mass is 217 g/mol. The average molecular weight is 217 g/mol. The lowest BCUT2D eigenvalue weighted by Gasteiger charge is -2.21. The van der Waals surface area contributed by atoms with Crippen LogP contribution in [0.25, 0.3) is 0 Å². The minimum atomic E-state index is -0.106. The molecule has 0 spiro atoms. The molecule has 1 aliphatic rings. The molecule has 1 fully saturated rings. The number of thioether (sulfide) groups is 1. The number of hydrogen-bond donors (Lipinski definition) is 1. The van der Waals surface area contributed by atoms with Crippen molar-refractivity contribution in [2.24, 2.45) is 5.92 Å². The lowest BCUT2D eigenvalue weighted by molar-refractivity contribution is -0.144. The summed E-state index contributed by atoms with van der Waals surface area (Å²) in [7, 11) is 1.46. The summed E-state index contributed by atoms with van der Waals surface area (Å²) < 4.78 is 4.81. The molecule has 0 aliphatic carbocycles. The normalized spacial score (nSPS) is 23.4. The molecule has 1 saturated heterocycles. The van der Waals surface area contributed by atoms with Gasteiger partial charge in [0.25, 0.3) is 0 Å². The van der Waals surface area contributed by atoms with Crippen LogP contribution in [0.1, 0.15) is 19.8 Å². The van der Waals surface area contributed by atoms with E-state index in [4.69, 9.17) is 4.74 Å². The largest absolute Gasteiger partial charge is 0.468 e. The summed E-state index contributed by atoms with van der Waals surface area (Å²) in [6, 6.07) is -0.0880. The van der Waals surface area contributed by atoms with Gasteiger partial charge in [-0.25, -0.2) is 0 Å². The van der Waals surface area contributed by atoms with E-state index in [2.05, 4.69) is 12.2 Å². The Labute approximate surface area is 90.0 Å². The molecule has 82 valence electrons. The third-order valence-electron chi connectivity index (χ3n) is 2.51. The van der Waals surface area contributed by atoms with E-state index < -0.39 is 0 Å². The summed E-state index contributed by atoms with van der Waals surface area (Å²) in [5.41, 5.74) is 0. The van der Waals surface area contributed by atoms with Gasteiger partial charge in [0.15, 0.2) is 0 Å². The summed E-state index contributed by atoms with van der Waals surface area (Å²) in [5.74, 6) is 2.60. The maximum absolute atomic E-state index is 11.5. The fourth-order valence-electron chi connectivity index (χ4n) is 1.68. The van der Waals surface area contributed by atoms with Crippen molar-refractivity contribution in [2.45, 2.75) is 25.8 Å². The topological polar surface area (TPSA) is 38.3 Å². The van der Waals surface area contributed by atoms with E-state index >= 15 is 0 Å². The lowest BCUT2D eigenvalue weighted by atomic mass is 9.99. The molecule has 1 rings (SSSR count). The van der Waals surface area contributed by atoms with Crippen molar-refractivity contribution >= 4 is 17.7 Å². The van der Waals surface area contributed by atoms with Crippen LogP contribution in [0, 0.1) is 5.92 Å². The quantitative estimate of drug-likeness (QED) is 0.704. The number of carbonyl (C=O) groups excluding carboxylic acids is 1. The molecule has 0 aromatic carbocycles. The molecule has 2 unspecified atom stereocenters. The van der Waals surface area contributed by atoms with E-state index in [-0.39, 0.29) is 12.0 Å². The van der Waals surface area contributed by atoms with E-state index in [0.717, 1.165) is 25.1 Å². The molecule has 4 heteroatoms. The van der Waals surface area contributed by atoms with Gasteiger partial charge in [-0.05, 0) is 36.8 Å². The molecule has 0 aromatic heterocycles. The number of nitrogens with one attached hydrogen (secondary N) is 1. The van der Waals surface area contributed by atoms with Crippen LogP contribution in [0.4, 0.5) is 0 Å². The van der Waals surface area contributed by atoms with E-state index in [1.807, 2.05) is 11.8 Å². The summed E-state index contributed by atoms with van der Waals surface area (Å²) in [5, 5.41) is 3.27. The van der Waals surface area contributed by atoms with Crippen molar-refractivity contribution < 1.29 is 9.53 Å². The van der Waals surface area contributed by atoms with Crippen LogP contribution in [0.3, 0.4) is 0 Å². The first-order valence-electron chi connectivity index (χ1n) is 5.18. The fourth-order valence-corrected chi connectivity index (χ4v) is 2.98. The highest BCUT2D eigenvalue weighted by atomic mass is 32.2. The van der Waals surface area contributed by atoms with Crippen molar-refractivity contribution in [3.05, 3.63) is 0 Å². The van der Waals surface area contributed by atoms with Crippen LogP contribution < -0.4 is 5.32 Å². The van der Waals surface area contributed by atoms with Crippen LogP contribution in [-0.4, -0.2) is 37.2 Å². The fraction of sp³-hybridized carbons (Fsp3) is 0.900. The van der Waals surface area contributed by atoms with Gasteiger partial charge in [-0.1, -0.05) is 6.92 Å². The van der Waals surface area contributed by atoms with E-state index in [9.17, 15) is 4.79 Å². The first kappa shape index (κ1) is 11.9. The van der Waals surface area contributed by atoms with Gasteiger partial charge in [-0.2, -0.15) is 11.8 Å². The summed E-state index contributed by atoms with van der Waals surface area (Å²) >= 11 is 1.92. The van der Waals surface area contributed by atoms with Crippen LogP contribution in [0.15, 0.2) is 0 Å². The van der Waals surface area contributed by atoms with Gasteiger partial charge in [0.1, 0.15) is 6.04 Å². The zero-order chi connectivity index (χ0) is 10.4. The molecule has 0 saturated carbocycles. The average Bonchev–Trinajstić information content (AvgIpc) is 2.71. The predicted molar refractivity (Wildman–Crippen MR) is 59.5 cm³/mol. The van der Waals surface area contributed by atoms with Crippen LogP contribution in [0.5, 0.6) is 0 Å². The Kier molecular flexibility index (Phi) is 5.33. The maximum Gasteiger partial charge on any atom is 0.323 e. The first-order valence-corrected chi connectivity index (χ1v) is 6.34. The molecule has 0 radical (unpaired) electrons. The van der Waals surface area contributed by atoms with Crippen molar-refractivity contribution in [3.63, 3.8) is 0 Å². The molecule has 1 N–H and O–H groups in total.